The third-order valence-corrected chi connectivity index (χ3v) is 6.09. The summed E-state index contributed by atoms with van der Waals surface area (Å²) in [6.45, 7) is 1.59. The third kappa shape index (κ3) is 3.60. The Balaban J connectivity index is 1.91. The molecule has 1 heterocycles. The van der Waals surface area contributed by atoms with E-state index >= 15 is 0 Å². The second kappa shape index (κ2) is 9.03. The third-order valence-electron chi connectivity index (χ3n) is 5.83. The van der Waals surface area contributed by atoms with Crippen molar-refractivity contribution in [2.24, 2.45) is 0 Å². The molecule has 1 aliphatic heterocycles. The lowest BCUT2D eigenvalue weighted by Gasteiger charge is -2.42. The van der Waals surface area contributed by atoms with E-state index in [9.17, 15) is 24.0 Å². The van der Waals surface area contributed by atoms with Gasteiger partial charge in [0.25, 0.3) is 23.6 Å². The summed E-state index contributed by atoms with van der Waals surface area (Å²) < 4.78 is 0. The van der Waals surface area contributed by atoms with E-state index in [-0.39, 0.29) is 23.1 Å². The first-order valence-corrected chi connectivity index (χ1v) is 10.9. The molecule has 0 spiro atoms. The van der Waals surface area contributed by atoms with Crippen LogP contribution in [0.2, 0.25) is 5.02 Å². The van der Waals surface area contributed by atoms with Crippen LogP contribution in [-0.2, 0) is 15.0 Å². The predicted molar refractivity (Wildman–Crippen MR) is 124 cm³/mol. The standard InChI is InChI=1S/C26H19ClN2O5/c1-2-26(19-11-7-4-8-12-19)23(32)28(21(30)17-9-5-3-6-10-17)25(34)29(24(26)33)22(31)18-13-15-20(27)16-14-18/h3-16H,2H2,1H3. The molecule has 3 aromatic rings. The minimum atomic E-state index is -1.94. The summed E-state index contributed by atoms with van der Waals surface area (Å²) in [6.07, 6.45) is -0.0784. The number of hydrogen-bond acceptors (Lipinski definition) is 5. The van der Waals surface area contributed by atoms with E-state index in [2.05, 4.69) is 0 Å². The monoisotopic (exact) mass is 474 g/mol. The smallest absolute Gasteiger partial charge is 0.272 e. The van der Waals surface area contributed by atoms with Crippen molar-refractivity contribution in [2.75, 3.05) is 0 Å². The predicted octanol–water partition coefficient (Wildman–Crippen LogP) is 4.46. The van der Waals surface area contributed by atoms with Crippen molar-refractivity contribution in [2.45, 2.75) is 18.8 Å². The Morgan fingerprint density at radius 1 is 0.706 bits per heavy atom. The average molecular weight is 475 g/mol. The van der Waals surface area contributed by atoms with E-state index in [0.29, 0.717) is 14.8 Å². The number of carbonyl (C=O) groups excluding carboxylic acids is 5. The van der Waals surface area contributed by atoms with Gasteiger partial charge >= 0.3 is 6.03 Å². The highest BCUT2D eigenvalue weighted by Crippen LogP contribution is 2.38. The van der Waals surface area contributed by atoms with E-state index in [0.717, 1.165) is 0 Å². The molecule has 8 heteroatoms. The number of nitrogens with zero attached hydrogens (tertiary/aromatic N) is 2. The Bertz CT molecular complexity index is 1290. The molecular weight excluding hydrogens is 456 g/mol. The Kier molecular flexibility index (Phi) is 6.13. The summed E-state index contributed by atoms with van der Waals surface area (Å²) in [5.41, 5.74) is -1.59. The Labute approximate surface area is 200 Å². The lowest BCUT2D eigenvalue weighted by Crippen LogP contribution is -2.69. The number of halogens is 1. The lowest BCUT2D eigenvalue weighted by atomic mass is 9.74. The summed E-state index contributed by atoms with van der Waals surface area (Å²) in [7, 11) is 0. The quantitative estimate of drug-likeness (QED) is 0.411. The zero-order valence-electron chi connectivity index (χ0n) is 18.1. The Morgan fingerprint density at radius 2 is 1.15 bits per heavy atom. The van der Waals surface area contributed by atoms with Crippen molar-refractivity contribution < 1.29 is 24.0 Å². The summed E-state index contributed by atoms with van der Waals surface area (Å²) >= 11 is 5.90. The molecule has 0 saturated carbocycles. The first kappa shape index (κ1) is 23.1. The number of benzene rings is 3. The summed E-state index contributed by atoms with van der Waals surface area (Å²) in [5.74, 6) is -3.89. The van der Waals surface area contributed by atoms with Crippen molar-refractivity contribution in [1.82, 2.24) is 9.80 Å². The van der Waals surface area contributed by atoms with E-state index in [4.69, 9.17) is 11.6 Å². The maximum Gasteiger partial charge on any atom is 0.347 e. The molecule has 7 nitrogen and oxygen atoms in total. The topological polar surface area (TPSA) is 91.8 Å². The van der Waals surface area contributed by atoms with Gasteiger partial charge in [0, 0.05) is 16.1 Å². The largest absolute Gasteiger partial charge is 0.347 e. The van der Waals surface area contributed by atoms with Gasteiger partial charge in [-0.15, -0.1) is 0 Å². The van der Waals surface area contributed by atoms with Gasteiger partial charge in [0.05, 0.1) is 0 Å². The van der Waals surface area contributed by atoms with Crippen LogP contribution in [-0.4, -0.2) is 39.5 Å². The zero-order valence-corrected chi connectivity index (χ0v) is 18.9. The molecule has 3 aromatic carbocycles. The van der Waals surface area contributed by atoms with Crippen LogP contribution in [0.1, 0.15) is 39.6 Å². The van der Waals surface area contributed by atoms with Gasteiger partial charge in [-0.3, -0.25) is 19.2 Å². The van der Waals surface area contributed by atoms with Crippen LogP contribution in [0.4, 0.5) is 4.79 Å². The van der Waals surface area contributed by atoms with E-state index < -0.39 is 35.1 Å². The second-order valence-electron chi connectivity index (χ2n) is 7.67. The average Bonchev–Trinajstić information content (AvgIpc) is 2.86. The molecule has 0 N–H and O–H groups in total. The molecule has 4 rings (SSSR count). The van der Waals surface area contributed by atoms with Crippen LogP contribution < -0.4 is 0 Å². The van der Waals surface area contributed by atoms with Gasteiger partial charge in [0.2, 0.25) is 0 Å². The van der Waals surface area contributed by atoms with E-state index in [1.54, 1.807) is 55.5 Å². The number of barbiturate groups is 1. The first-order valence-electron chi connectivity index (χ1n) is 10.5. The van der Waals surface area contributed by atoms with Crippen molar-refractivity contribution >= 4 is 41.3 Å². The molecule has 6 amide bonds. The van der Waals surface area contributed by atoms with Gasteiger partial charge in [0.1, 0.15) is 0 Å². The summed E-state index contributed by atoms with van der Waals surface area (Å²) in [4.78, 5) is 68.4. The van der Waals surface area contributed by atoms with E-state index in [1.165, 1.54) is 36.4 Å². The molecule has 0 aromatic heterocycles. The summed E-state index contributed by atoms with van der Waals surface area (Å²) in [5, 5.41) is 0.357. The SMILES string of the molecule is CCC1(c2ccccc2)C(=O)N(C(=O)c2ccccc2)C(=O)N(C(=O)c2ccc(Cl)cc2)C1=O. The fourth-order valence-electron chi connectivity index (χ4n) is 4.01. The first-order chi connectivity index (χ1) is 16.3. The molecule has 0 radical (unpaired) electrons. The van der Waals surface area contributed by atoms with Crippen LogP contribution in [0.3, 0.4) is 0 Å². The van der Waals surface area contributed by atoms with Gasteiger partial charge in [-0.1, -0.05) is 67.1 Å². The van der Waals surface area contributed by atoms with Crippen molar-refractivity contribution in [3.05, 3.63) is 107 Å². The molecule has 170 valence electrons. The van der Waals surface area contributed by atoms with Crippen LogP contribution in [0.25, 0.3) is 0 Å². The molecule has 1 saturated heterocycles. The molecule has 34 heavy (non-hydrogen) atoms. The molecule has 1 fully saturated rings. The van der Waals surface area contributed by atoms with Crippen LogP contribution in [0, 0.1) is 0 Å². The van der Waals surface area contributed by atoms with Crippen molar-refractivity contribution in [3.8, 4) is 0 Å². The number of amides is 6. The fourth-order valence-corrected chi connectivity index (χ4v) is 4.14. The van der Waals surface area contributed by atoms with Crippen molar-refractivity contribution in [1.29, 1.82) is 0 Å². The number of urea groups is 1. The Morgan fingerprint density at radius 3 is 1.62 bits per heavy atom. The van der Waals surface area contributed by atoms with Gasteiger partial charge in [-0.25, -0.2) is 4.79 Å². The van der Waals surface area contributed by atoms with Gasteiger partial charge in [-0.05, 0) is 48.4 Å². The maximum absolute atomic E-state index is 13.8. The number of carbonyl (C=O) groups is 5. The number of imide groups is 6. The molecule has 0 aliphatic carbocycles. The molecular formula is C26H19ClN2O5. The molecule has 0 bridgehead atoms. The highest BCUT2D eigenvalue weighted by atomic mass is 35.5. The highest BCUT2D eigenvalue weighted by Gasteiger charge is 2.60. The van der Waals surface area contributed by atoms with Crippen LogP contribution in [0.15, 0.2) is 84.9 Å². The summed E-state index contributed by atoms with van der Waals surface area (Å²) in [6, 6.07) is 20.1. The maximum atomic E-state index is 13.8. The normalized spacial score (nSPS) is 18.2. The van der Waals surface area contributed by atoms with Crippen molar-refractivity contribution in [3.63, 3.8) is 0 Å². The minimum absolute atomic E-state index is 0.00521. The number of hydrogen-bond donors (Lipinski definition) is 0. The Hall–Kier alpha value is -4.10. The van der Waals surface area contributed by atoms with Gasteiger partial charge in [-0.2, -0.15) is 9.80 Å². The molecule has 1 atom stereocenters. The van der Waals surface area contributed by atoms with Gasteiger partial charge in [0.15, 0.2) is 5.41 Å². The zero-order chi connectivity index (χ0) is 24.5. The lowest BCUT2D eigenvalue weighted by molar-refractivity contribution is -0.148. The highest BCUT2D eigenvalue weighted by molar-refractivity contribution is 6.35. The minimum Gasteiger partial charge on any atom is -0.272 e. The molecule has 1 unspecified atom stereocenters. The second-order valence-corrected chi connectivity index (χ2v) is 8.11. The van der Waals surface area contributed by atoms with Crippen LogP contribution >= 0.6 is 11.6 Å². The van der Waals surface area contributed by atoms with Crippen LogP contribution in [0.5, 0.6) is 0 Å². The molecule has 1 aliphatic rings. The van der Waals surface area contributed by atoms with Gasteiger partial charge < -0.3 is 0 Å². The number of rotatable bonds is 4. The van der Waals surface area contributed by atoms with E-state index in [1.807, 2.05) is 0 Å². The fraction of sp³-hybridized carbons (Fsp3) is 0.115.